The molecule has 16 heteroatoms. The standard InChI is InChI=1S/C30H42O16/c31-27-25(28(32)42-18-14-38-10-6-35-5-9-37-13-17-41-27)45-21-23-3-1-2-4-24(23)22-46-26-29(33)43-19-15-39-11-7-36-8-12-40-16-20-44-30(26)34/h1-4,25-26H,5-22H2. The van der Waals surface area contributed by atoms with Crippen LogP contribution in [-0.2, 0) is 89.2 Å². The third-order valence-corrected chi connectivity index (χ3v) is 6.16. The molecule has 0 bridgehead atoms. The van der Waals surface area contributed by atoms with Crippen LogP contribution in [0.1, 0.15) is 11.1 Å². The molecule has 0 aliphatic carbocycles. The second kappa shape index (κ2) is 23.2. The molecule has 0 spiro atoms. The first kappa shape index (κ1) is 37.2. The fourth-order valence-corrected chi connectivity index (χ4v) is 3.84. The van der Waals surface area contributed by atoms with Crippen LogP contribution >= 0.6 is 0 Å². The van der Waals surface area contributed by atoms with E-state index in [0.717, 1.165) is 0 Å². The molecule has 2 aliphatic rings. The van der Waals surface area contributed by atoms with Crippen molar-refractivity contribution in [2.24, 2.45) is 0 Å². The molecule has 2 heterocycles. The van der Waals surface area contributed by atoms with Gasteiger partial charge >= 0.3 is 23.9 Å². The molecule has 0 saturated carbocycles. The normalized spacial score (nSPS) is 21.0. The van der Waals surface area contributed by atoms with Gasteiger partial charge in [0.25, 0.3) is 12.2 Å². The minimum Gasteiger partial charge on any atom is -0.461 e. The summed E-state index contributed by atoms with van der Waals surface area (Å²) >= 11 is 0. The summed E-state index contributed by atoms with van der Waals surface area (Å²) in [6, 6.07) is 6.75. The predicted molar refractivity (Wildman–Crippen MR) is 152 cm³/mol. The first-order valence-electron chi connectivity index (χ1n) is 15.0. The molecule has 16 nitrogen and oxygen atoms in total. The minimum atomic E-state index is -1.70. The first-order chi connectivity index (χ1) is 22.6. The quantitative estimate of drug-likeness (QED) is 0.222. The Morgan fingerprint density at radius 2 is 0.652 bits per heavy atom. The number of benzene rings is 1. The lowest BCUT2D eigenvalue weighted by molar-refractivity contribution is -0.178. The summed E-state index contributed by atoms with van der Waals surface area (Å²) < 4.78 is 64.1. The van der Waals surface area contributed by atoms with Crippen molar-refractivity contribution < 1.29 is 76.0 Å². The molecule has 0 aromatic heterocycles. The smallest absolute Gasteiger partial charge is 0.347 e. The zero-order valence-electron chi connectivity index (χ0n) is 25.7. The summed E-state index contributed by atoms with van der Waals surface area (Å²) in [4.78, 5) is 51.0. The average Bonchev–Trinajstić information content (AvgIpc) is 3.05. The van der Waals surface area contributed by atoms with Crippen LogP contribution in [-0.4, -0.2) is 142 Å². The molecule has 1 aromatic rings. The van der Waals surface area contributed by atoms with Crippen LogP contribution in [0.25, 0.3) is 0 Å². The van der Waals surface area contributed by atoms with Crippen LogP contribution in [0.4, 0.5) is 0 Å². The van der Waals surface area contributed by atoms with E-state index in [0.29, 0.717) is 64.0 Å². The predicted octanol–water partition coefficient (Wildman–Crippen LogP) is -0.243. The number of rotatable bonds is 6. The van der Waals surface area contributed by atoms with Gasteiger partial charge in [-0.2, -0.15) is 0 Å². The summed E-state index contributed by atoms with van der Waals surface area (Å²) in [6.07, 6.45) is -3.39. The van der Waals surface area contributed by atoms with Gasteiger partial charge in [0.1, 0.15) is 26.4 Å². The fraction of sp³-hybridized carbons (Fsp3) is 0.667. The maximum Gasteiger partial charge on any atom is 0.347 e. The molecule has 0 radical (unpaired) electrons. The van der Waals surface area contributed by atoms with E-state index in [1.807, 2.05) is 0 Å². The van der Waals surface area contributed by atoms with Crippen LogP contribution in [0.5, 0.6) is 0 Å². The van der Waals surface area contributed by atoms with E-state index in [2.05, 4.69) is 0 Å². The van der Waals surface area contributed by atoms with E-state index in [-0.39, 0.29) is 66.1 Å². The van der Waals surface area contributed by atoms with E-state index in [1.54, 1.807) is 24.3 Å². The molecule has 2 aliphatic heterocycles. The molecule has 46 heavy (non-hydrogen) atoms. The Morgan fingerprint density at radius 1 is 0.413 bits per heavy atom. The minimum absolute atomic E-state index is 0.0918. The molecule has 0 amide bonds. The summed E-state index contributed by atoms with van der Waals surface area (Å²) in [7, 11) is 0. The molecule has 0 N–H and O–H groups in total. The highest BCUT2D eigenvalue weighted by Gasteiger charge is 2.33. The number of esters is 4. The lowest BCUT2D eigenvalue weighted by Crippen LogP contribution is -2.37. The molecule has 2 saturated heterocycles. The molecular formula is C30H42O16. The molecule has 258 valence electrons. The average molecular weight is 659 g/mol. The van der Waals surface area contributed by atoms with Crippen molar-refractivity contribution in [3.63, 3.8) is 0 Å². The van der Waals surface area contributed by atoms with Gasteiger partial charge in [0, 0.05) is 0 Å². The topological polar surface area (TPSA) is 179 Å². The van der Waals surface area contributed by atoms with E-state index < -0.39 is 36.1 Å². The highest BCUT2D eigenvalue weighted by molar-refractivity contribution is 5.98. The Kier molecular flexibility index (Phi) is 18.7. The van der Waals surface area contributed by atoms with Gasteiger partial charge in [-0.25, -0.2) is 19.2 Å². The summed E-state index contributed by atoms with van der Waals surface area (Å²) in [5.74, 6) is -3.82. The maximum atomic E-state index is 12.8. The third kappa shape index (κ3) is 14.9. The van der Waals surface area contributed by atoms with Gasteiger partial charge in [0.2, 0.25) is 0 Å². The number of ether oxygens (including phenoxy) is 12. The number of carbonyl (C=O) groups is 4. The fourth-order valence-electron chi connectivity index (χ4n) is 3.84. The van der Waals surface area contributed by atoms with Crippen LogP contribution < -0.4 is 0 Å². The van der Waals surface area contributed by atoms with Crippen LogP contribution in [0, 0.1) is 0 Å². The number of hydrogen-bond donors (Lipinski definition) is 0. The van der Waals surface area contributed by atoms with Gasteiger partial charge in [0.05, 0.1) is 92.5 Å². The Labute approximate surface area is 266 Å². The lowest BCUT2D eigenvalue weighted by Gasteiger charge is -2.19. The van der Waals surface area contributed by atoms with Gasteiger partial charge in [-0.05, 0) is 11.1 Å². The van der Waals surface area contributed by atoms with Crippen molar-refractivity contribution in [2.75, 3.05) is 106 Å². The molecule has 1 aromatic carbocycles. The Balaban J connectivity index is 1.62. The van der Waals surface area contributed by atoms with Gasteiger partial charge in [-0.3, -0.25) is 0 Å². The highest BCUT2D eigenvalue weighted by Crippen LogP contribution is 2.16. The van der Waals surface area contributed by atoms with Gasteiger partial charge in [-0.15, -0.1) is 0 Å². The Hall–Kier alpha value is -3.22. The SMILES string of the molecule is O=C1OCCOCCOCCOCCOC(=O)C1OCc1ccccc1COC1C(=O)OCCOCCOCCOCCOC1=O. The lowest BCUT2D eigenvalue weighted by atomic mass is 10.1. The van der Waals surface area contributed by atoms with Gasteiger partial charge in [-0.1, -0.05) is 24.3 Å². The molecule has 0 unspecified atom stereocenters. The molecule has 3 rings (SSSR count). The van der Waals surface area contributed by atoms with Crippen molar-refractivity contribution in [1.82, 2.24) is 0 Å². The summed E-state index contributed by atoms with van der Waals surface area (Å²) in [5.41, 5.74) is 1.00. The number of cyclic esters (lactones) is 4. The van der Waals surface area contributed by atoms with Crippen molar-refractivity contribution in [3.8, 4) is 0 Å². The van der Waals surface area contributed by atoms with E-state index in [9.17, 15) is 19.2 Å². The summed E-state index contributed by atoms with van der Waals surface area (Å²) in [6.45, 7) is 2.05. The zero-order chi connectivity index (χ0) is 32.7. The largest absolute Gasteiger partial charge is 0.461 e. The molecule has 2 fully saturated rings. The van der Waals surface area contributed by atoms with Crippen molar-refractivity contribution >= 4 is 23.9 Å². The highest BCUT2D eigenvalue weighted by atomic mass is 16.6. The van der Waals surface area contributed by atoms with Crippen LogP contribution in [0.15, 0.2) is 24.3 Å². The van der Waals surface area contributed by atoms with Crippen molar-refractivity contribution in [1.29, 1.82) is 0 Å². The molecular weight excluding hydrogens is 616 g/mol. The van der Waals surface area contributed by atoms with Crippen molar-refractivity contribution in [3.05, 3.63) is 35.4 Å². The maximum absolute atomic E-state index is 12.8. The molecule has 0 atom stereocenters. The van der Waals surface area contributed by atoms with Gasteiger partial charge in [0.15, 0.2) is 0 Å². The summed E-state index contributed by atoms with van der Waals surface area (Å²) in [5, 5.41) is 0. The van der Waals surface area contributed by atoms with Crippen LogP contribution in [0.2, 0.25) is 0 Å². The van der Waals surface area contributed by atoms with Gasteiger partial charge < -0.3 is 56.8 Å². The second-order valence-corrected chi connectivity index (χ2v) is 9.50. The zero-order valence-corrected chi connectivity index (χ0v) is 25.7. The van der Waals surface area contributed by atoms with E-state index in [4.69, 9.17) is 56.8 Å². The van der Waals surface area contributed by atoms with Crippen molar-refractivity contribution in [2.45, 2.75) is 25.4 Å². The number of hydrogen-bond acceptors (Lipinski definition) is 16. The Bertz CT molecular complexity index is 916. The monoisotopic (exact) mass is 658 g/mol. The van der Waals surface area contributed by atoms with Crippen LogP contribution in [0.3, 0.4) is 0 Å². The third-order valence-electron chi connectivity index (χ3n) is 6.16. The second-order valence-electron chi connectivity index (χ2n) is 9.50. The number of carbonyl (C=O) groups excluding carboxylic acids is 4. The Morgan fingerprint density at radius 3 is 0.913 bits per heavy atom. The van der Waals surface area contributed by atoms with E-state index in [1.165, 1.54) is 0 Å². The first-order valence-corrected chi connectivity index (χ1v) is 15.0. The van der Waals surface area contributed by atoms with E-state index >= 15 is 0 Å².